The second kappa shape index (κ2) is 14.3. The maximum Gasteiger partial charge on any atom is 0.330 e. The first-order valence-electron chi connectivity index (χ1n) is 12.6. The predicted octanol–water partition coefficient (Wildman–Crippen LogP) is 0.459. The SMILES string of the molecule is C.C=C1N=C(N)C=CN1C.Cc1cn(C)c(=O)n(C)c1=O.Cc1nc2c(ncn2C)c(=O)[nH]1.Cn1cnc2c(N)ncnc21.[3HH]. The molecule has 0 atom stereocenters. The fourth-order valence-corrected chi connectivity index (χ4v) is 3.62. The third kappa shape index (κ3) is 7.90. The number of hydrogen-bond donors (Lipinski definition) is 3. The van der Waals surface area contributed by atoms with Crippen LogP contribution in [0.25, 0.3) is 22.3 Å². The van der Waals surface area contributed by atoms with Gasteiger partial charge in [0.15, 0.2) is 22.6 Å². The fraction of sp³-hybridized carbons (Fsp3) is 0.296. The van der Waals surface area contributed by atoms with Gasteiger partial charge in [-0.05, 0) is 19.9 Å². The van der Waals surface area contributed by atoms with Gasteiger partial charge in [-0.3, -0.25) is 14.2 Å². The van der Waals surface area contributed by atoms with Gasteiger partial charge in [0.05, 0.1) is 12.7 Å². The molecule has 17 nitrogen and oxygen atoms in total. The van der Waals surface area contributed by atoms with E-state index in [-0.39, 0.29) is 25.7 Å². The smallest absolute Gasteiger partial charge is 0.330 e. The van der Waals surface area contributed by atoms with Crippen molar-refractivity contribution in [2.24, 2.45) is 38.9 Å². The third-order valence-electron chi connectivity index (χ3n) is 5.97. The van der Waals surface area contributed by atoms with Crippen molar-refractivity contribution >= 4 is 34.0 Å². The zero-order valence-electron chi connectivity index (χ0n) is 25.0. The van der Waals surface area contributed by atoms with Gasteiger partial charge in [-0.2, -0.15) is 0 Å². The normalized spacial score (nSPS) is 11.8. The maximum absolute atomic E-state index is 11.2. The molecule has 236 valence electrons. The van der Waals surface area contributed by atoms with Crippen molar-refractivity contribution in [1.29, 1.82) is 0 Å². The van der Waals surface area contributed by atoms with Crippen LogP contribution in [0, 0.1) is 13.8 Å². The minimum Gasteiger partial charge on any atom is -0.384 e. The average Bonchev–Trinajstić information content (AvgIpc) is 3.53. The number of aliphatic imine (C=N–C) groups is 1. The van der Waals surface area contributed by atoms with Crippen LogP contribution in [0.1, 0.15) is 20.2 Å². The summed E-state index contributed by atoms with van der Waals surface area (Å²) in [4.78, 5) is 61.6. The molecule has 0 amide bonds. The summed E-state index contributed by atoms with van der Waals surface area (Å²) in [5, 5.41) is 0. The number of hydrogen-bond acceptors (Lipinski definition) is 12. The molecule has 0 bridgehead atoms. The van der Waals surface area contributed by atoms with Crippen LogP contribution in [0.5, 0.6) is 0 Å². The third-order valence-corrected chi connectivity index (χ3v) is 5.97. The lowest BCUT2D eigenvalue weighted by Gasteiger charge is -2.16. The molecule has 5 aromatic heterocycles. The number of nitrogens with two attached hydrogens (primary N) is 2. The summed E-state index contributed by atoms with van der Waals surface area (Å²) < 4.78 is 6.00. The van der Waals surface area contributed by atoms with E-state index in [1.54, 1.807) is 60.7 Å². The summed E-state index contributed by atoms with van der Waals surface area (Å²) in [6.45, 7) is 7.08. The highest BCUT2D eigenvalue weighted by atomic mass is 16.2. The first-order valence-corrected chi connectivity index (χ1v) is 12.6. The number of nitrogens with one attached hydrogen (secondary N) is 1. The number of anilines is 1. The van der Waals surface area contributed by atoms with Crippen molar-refractivity contribution in [2.75, 3.05) is 12.8 Å². The Hall–Kier alpha value is -5.87. The molecular formula is C27H40N14O3. The van der Waals surface area contributed by atoms with E-state index in [4.69, 9.17) is 11.5 Å². The number of rotatable bonds is 0. The van der Waals surface area contributed by atoms with Crippen LogP contribution < -0.4 is 28.3 Å². The highest BCUT2D eigenvalue weighted by Crippen LogP contribution is 2.12. The summed E-state index contributed by atoms with van der Waals surface area (Å²) in [7, 11) is 8.63. The second-order valence-corrected chi connectivity index (χ2v) is 9.41. The molecule has 0 fully saturated rings. The number of aryl methyl sites for hydroxylation is 5. The Bertz CT molecular complexity index is 2000. The van der Waals surface area contributed by atoms with Gasteiger partial charge < -0.3 is 35.1 Å². The minimum atomic E-state index is -0.291. The van der Waals surface area contributed by atoms with E-state index in [0.717, 1.165) is 10.2 Å². The number of imidazole rings is 2. The van der Waals surface area contributed by atoms with Gasteiger partial charge in [-0.1, -0.05) is 14.0 Å². The van der Waals surface area contributed by atoms with Gasteiger partial charge in [-0.15, -0.1) is 0 Å². The lowest BCUT2D eigenvalue weighted by atomic mass is 10.4. The summed E-state index contributed by atoms with van der Waals surface area (Å²) in [5.74, 6) is 2.22. The number of aromatic amines is 1. The Balaban J connectivity index is 0.000000297. The molecule has 6 heterocycles. The van der Waals surface area contributed by atoms with Crippen LogP contribution in [0.4, 0.5) is 5.82 Å². The molecule has 0 saturated carbocycles. The molecule has 0 aromatic carbocycles. The van der Waals surface area contributed by atoms with Gasteiger partial charge in [0.25, 0.3) is 11.1 Å². The van der Waals surface area contributed by atoms with E-state index >= 15 is 0 Å². The van der Waals surface area contributed by atoms with Crippen molar-refractivity contribution in [3.05, 3.63) is 92.4 Å². The van der Waals surface area contributed by atoms with E-state index in [9.17, 15) is 14.4 Å². The molecule has 6 rings (SSSR count). The summed E-state index contributed by atoms with van der Waals surface area (Å²) in [5.41, 5.74) is 13.2. The molecule has 0 aliphatic carbocycles. The molecule has 0 saturated heterocycles. The van der Waals surface area contributed by atoms with E-state index in [0.29, 0.717) is 45.5 Å². The maximum atomic E-state index is 11.2. The molecule has 0 radical (unpaired) electrons. The fourth-order valence-electron chi connectivity index (χ4n) is 3.62. The molecule has 0 spiro atoms. The second-order valence-electron chi connectivity index (χ2n) is 9.41. The standard InChI is InChI=1S/C7H8N4O.C7H10N2O2.C6H7N5.C6H9N3.CH4.H2/c1-4-9-6-5(7(12)10-4)8-3-11(6)2;1-5-4-8(2)7(11)9(3)6(5)10;1-11-3-10-4-5(7)8-2-9-6(4)11;1-5-8-6(7)3-4-9(5)2;;/h3H,1-2H3,(H,9,10,12);4H,1-3H3;2-3H,1H3,(H2,7,8,9);3-4H,1H2,2H3,(H2,7,8);1H4;1H/i;;;;;1+2. The van der Waals surface area contributed by atoms with E-state index in [1.165, 1.54) is 24.1 Å². The molecule has 17 heteroatoms. The first-order chi connectivity index (χ1) is 20.2. The van der Waals surface area contributed by atoms with Crippen molar-refractivity contribution in [2.45, 2.75) is 21.3 Å². The first kappa shape index (κ1) is 34.3. The molecule has 44 heavy (non-hydrogen) atoms. The van der Waals surface area contributed by atoms with Crippen molar-refractivity contribution in [1.82, 2.24) is 53.1 Å². The molecule has 0 unspecified atom stereocenters. The number of fused-ring (bicyclic) bond motifs is 2. The van der Waals surface area contributed by atoms with Crippen LogP contribution in [-0.2, 0) is 28.2 Å². The summed E-state index contributed by atoms with van der Waals surface area (Å²) in [6.07, 6.45) is 9.76. The van der Waals surface area contributed by atoms with Crippen molar-refractivity contribution in [3.63, 3.8) is 0 Å². The molecule has 1 aliphatic heterocycles. The highest BCUT2D eigenvalue weighted by molar-refractivity contribution is 5.92. The monoisotopic (exact) mass is 610 g/mol. The predicted molar refractivity (Wildman–Crippen MR) is 173 cm³/mol. The number of nitrogen functional groups attached to an aromatic ring is 1. The topological polar surface area (TPSA) is 219 Å². The number of nitrogens with zero attached hydrogens (tertiary/aromatic N) is 11. The molecule has 5 aromatic rings. The molecular weight excluding hydrogens is 568 g/mol. The van der Waals surface area contributed by atoms with E-state index in [1.807, 2.05) is 20.3 Å². The minimum absolute atomic E-state index is 0. The lowest BCUT2D eigenvalue weighted by Crippen LogP contribution is -2.37. The van der Waals surface area contributed by atoms with Gasteiger partial charge in [0.1, 0.15) is 29.3 Å². The van der Waals surface area contributed by atoms with Crippen molar-refractivity contribution in [3.8, 4) is 0 Å². The largest absolute Gasteiger partial charge is 0.384 e. The highest BCUT2D eigenvalue weighted by Gasteiger charge is 2.06. The Morgan fingerprint density at radius 2 is 1.48 bits per heavy atom. The zero-order valence-corrected chi connectivity index (χ0v) is 25.0. The lowest BCUT2D eigenvalue weighted by molar-refractivity contribution is 0.560. The molecule has 1 aliphatic rings. The van der Waals surface area contributed by atoms with Crippen LogP contribution in [0.3, 0.4) is 0 Å². The number of aromatic nitrogens is 10. The summed E-state index contributed by atoms with van der Waals surface area (Å²) in [6, 6.07) is 0. The molecule has 5 N–H and O–H groups in total. The van der Waals surface area contributed by atoms with Crippen LogP contribution in [-0.4, -0.2) is 66.0 Å². The summed E-state index contributed by atoms with van der Waals surface area (Å²) >= 11 is 0. The Morgan fingerprint density at radius 3 is 2.07 bits per heavy atom. The number of H-pyrrole nitrogens is 1. The van der Waals surface area contributed by atoms with E-state index in [2.05, 4.69) is 41.5 Å². The Morgan fingerprint density at radius 1 is 0.864 bits per heavy atom. The quantitative estimate of drug-likeness (QED) is 0.219. The van der Waals surface area contributed by atoms with Gasteiger partial charge in [0.2, 0.25) is 0 Å². The number of amidine groups is 1. The van der Waals surface area contributed by atoms with Gasteiger partial charge in [-0.25, -0.2) is 34.7 Å². The zero-order chi connectivity index (χ0) is 32.0. The van der Waals surface area contributed by atoms with E-state index < -0.39 is 0 Å². The average molecular weight is 611 g/mol. The van der Waals surface area contributed by atoms with Gasteiger partial charge >= 0.3 is 5.69 Å². The Kier molecular flexibility index (Phi) is 11.2. The van der Waals surface area contributed by atoms with Crippen LogP contribution in [0.2, 0.25) is 0 Å². The van der Waals surface area contributed by atoms with Gasteiger partial charge in [0, 0.05) is 54.6 Å². The Labute approximate surface area is 254 Å². The van der Waals surface area contributed by atoms with Crippen molar-refractivity contribution < 1.29 is 1.43 Å². The van der Waals surface area contributed by atoms with Crippen LogP contribution in [0.15, 0.2) is 69.2 Å². The van der Waals surface area contributed by atoms with Crippen LogP contribution >= 0.6 is 0 Å².